The maximum absolute atomic E-state index is 12.6. The van der Waals surface area contributed by atoms with Crippen LogP contribution >= 0.6 is 0 Å². The molecule has 1 saturated heterocycles. The van der Waals surface area contributed by atoms with Gasteiger partial charge in [-0.05, 0) is 30.9 Å². The molecule has 2 N–H and O–H groups in total. The Morgan fingerprint density at radius 3 is 2.52 bits per heavy atom. The van der Waals surface area contributed by atoms with Crippen molar-refractivity contribution < 1.29 is 24.3 Å². The molecule has 6 heteroatoms. The largest absolute Gasteiger partial charge is 0.396 e. The summed E-state index contributed by atoms with van der Waals surface area (Å²) in [6, 6.07) is 5.07. The van der Waals surface area contributed by atoms with E-state index in [-0.39, 0.29) is 36.9 Å². The van der Waals surface area contributed by atoms with E-state index in [1.54, 1.807) is 18.2 Å². The lowest BCUT2D eigenvalue weighted by Crippen LogP contribution is -2.46. The SMILES string of the molecule is O=C1CCC(C2C(=O)c3ccc(CCCO)cc3C2=O)C(=O)N1. The van der Waals surface area contributed by atoms with Crippen LogP contribution in [0.5, 0.6) is 0 Å². The minimum atomic E-state index is -1.02. The lowest BCUT2D eigenvalue weighted by molar-refractivity contribution is -0.137. The molecule has 0 aromatic heterocycles. The number of piperidine rings is 1. The van der Waals surface area contributed by atoms with E-state index in [2.05, 4.69) is 5.32 Å². The van der Waals surface area contributed by atoms with Crippen molar-refractivity contribution in [2.75, 3.05) is 6.61 Å². The van der Waals surface area contributed by atoms with Gasteiger partial charge in [-0.3, -0.25) is 24.5 Å². The number of aliphatic hydroxyl groups excluding tert-OH is 1. The van der Waals surface area contributed by atoms with Crippen molar-refractivity contribution in [1.29, 1.82) is 0 Å². The number of ketones is 2. The number of carbonyl (C=O) groups is 4. The van der Waals surface area contributed by atoms with E-state index in [0.29, 0.717) is 24.0 Å². The molecule has 0 spiro atoms. The maximum Gasteiger partial charge on any atom is 0.230 e. The number of nitrogens with one attached hydrogen (secondary N) is 1. The molecule has 1 heterocycles. The first-order valence-electron chi connectivity index (χ1n) is 7.69. The van der Waals surface area contributed by atoms with E-state index in [0.717, 1.165) is 5.56 Å². The van der Waals surface area contributed by atoms with Crippen molar-refractivity contribution in [2.24, 2.45) is 11.8 Å². The summed E-state index contributed by atoms with van der Waals surface area (Å²) < 4.78 is 0. The van der Waals surface area contributed by atoms with Crippen LogP contribution < -0.4 is 5.32 Å². The Morgan fingerprint density at radius 2 is 1.83 bits per heavy atom. The highest BCUT2D eigenvalue weighted by atomic mass is 16.3. The minimum Gasteiger partial charge on any atom is -0.396 e. The smallest absolute Gasteiger partial charge is 0.230 e. The third-order valence-electron chi connectivity index (χ3n) is 4.49. The molecule has 1 aromatic carbocycles. The molecule has 2 unspecified atom stereocenters. The summed E-state index contributed by atoms with van der Waals surface area (Å²) >= 11 is 0. The Labute approximate surface area is 132 Å². The lowest BCUT2D eigenvalue weighted by atomic mass is 9.82. The number of aliphatic hydroxyl groups is 1. The number of amides is 2. The summed E-state index contributed by atoms with van der Waals surface area (Å²) in [4.78, 5) is 48.4. The van der Waals surface area contributed by atoms with Crippen LogP contribution in [0.2, 0.25) is 0 Å². The van der Waals surface area contributed by atoms with Crippen LogP contribution in [0.15, 0.2) is 18.2 Å². The van der Waals surface area contributed by atoms with Gasteiger partial charge in [0, 0.05) is 24.2 Å². The predicted octanol–water partition coefficient (Wildman–Crippen LogP) is 0.660. The molecule has 2 atom stereocenters. The molecular weight excluding hydrogens is 298 g/mol. The third-order valence-corrected chi connectivity index (χ3v) is 4.49. The first-order valence-corrected chi connectivity index (χ1v) is 7.69. The first kappa shape index (κ1) is 15.6. The molecule has 3 rings (SSSR count). The summed E-state index contributed by atoms with van der Waals surface area (Å²) in [7, 11) is 0. The second-order valence-corrected chi connectivity index (χ2v) is 5.97. The highest BCUT2D eigenvalue weighted by Gasteiger charge is 2.47. The number of aryl methyl sites for hydroxylation is 1. The maximum atomic E-state index is 12.6. The van der Waals surface area contributed by atoms with E-state index >= 15 is 0 Å². The van der Waals surface area contributed by atoms with Gasteiger partial charge in [-0.25, -0.2) is 0 Å². The van der Waals surface area contributed by atoms with Gasteiger partial charge in [0.05, 0.1) is 11.8 Å². The minimum absolute atomic E-state index is 0.0584. The number of hydrogen-bond acceptors (Lipinski definition) is 5. The predicted molar refractivity (Wildman–Crippen MR) is 79.9 cm³/mol. The van der Waals surface area contributed by atoms with Crippen molar-refractivity contribution in [3.05, 3.63) is 34.9 Å². The molecule has 23 heavy (non-hydrogen) atoms. The Kier molecular flexibility index (Phi) is 4.09. The van der Waals surface area contributed by atoms with Crippen LogP contribution in [0.3, 0.4) is 0 Å². The average Bonchev–Trinajstić information content (AvgIpc) is 2.77. The van der Waals surface area contributed by atoms with Crippen LogP contribution in [0.25, 0.3) is 0 Å². The van der Waals surface area contributed by atoms with Gasteiger partial charge in [-0.2, -0.15) is 0 Å². The van der Waals surface area contributed by atoms with Crippen molar-refractivity contribution in [3.8, 4) is 0 Å². The summed E-state index contributed by atoms with van der Waals surface area (Å²) in [5.74, 6) is -3.39. The summed E-state index contributed by atoms with van der Waals surface area (Å²) in [6.45, 7) is 0.0584. The van der Waals surface area contributed by atoms with Crippen LogP contribution in [-0.2, 0) is 16.0 Å². The summed E-state index contributed by atoms with van der Waals surface area (Å²) in [6.07, 6.45) is 1.57. The van der Waals surface area contributed by atoms with Crippen molar-refractivity contribution in [3.63, 3.8) is 0 Å². The number of carbonyl (C=O) groups excluding carboxylic acids is 4. The first-order chi connectivity index (χ1) is 11.0. The standard InChI is InChI=1S/C17H17NO5/c19-7-1-2-9-3-4-10-12(8-9)16(22)14(15(10)21)11-5-6-13(20)18-17(11)23/h3-4,8,11,14,19H,1-2,5-7H2,(H,18,20,23). The van der Waals surface area contributed by atoms with Crippen molar-refractivity contribution in [2.45, 2.75) is 25.7 Å². The number of benzene rings is 1. The van der Waals surface area contributed by atoms with Gasteiger partial charge in [-0.15, -0.1) is 0 Å². The molecule has 1 aliphatic carbocycles. The van der Waals surface area contributed by atoms with Crippen molar-refractivity contribution >= 4 is 23.4 Å². The fourth-order valence-electron chi connectivity index (χ4n) is 3.30. The van der Waals surface area contributed by atoms with Gasteiger partial charge < -0.3 is 5.11 Å². The second kappa shape index (κ2) is 6.04. The van der Waals surface area contributed by atoms with Gasteiger partial charge in [-0.1, -0.05) is 12.1 Å². The van der Waals surface area contributed by atoms with Crippen LogP contribution in [0.1, 0.15) is 45.5 Å². The third kappa shape index (κ3) is 2.70. The van der Waals surface area contributed by atoms with Gasteiger partial charge in [0.25, 0.3) is 0 Å². The van der Waals surface area contributed by atoms with Crippen LogP contribution in [0.4, 0.5) is 0 Å². The molecule has 1 fully saturated rings. The highest BCUT2D eigenvalue weighted by molar-refractivity contribution is 6.28. The van der Waals surface area contributed by atoms with Crippen molar-refractivity contribution in [1.82, 2.24) is 5.32 Å². The lowest BCUT2D eigenvalue weighted by Gasteiger charge is -2.23. The number of hydrogen-bond donors (Lipinski definition) is 2. The zero-order valence-electron chi connectivity index (χ0n) is 12.5. The number of rotatable bonds is 4. The summed E-state index contributed by atoms with van der Waals surface area (Å²) in [5.41, 5.74) is 1.57. The number of fused-ring (bicyclic) bond motifs is 1. The molecule has 1 aromatic rings. The Bertz CT molecular complexity index is 709. The van der Waals surface area contributed by atoms with E-state index in [1.807, 2.05) is 0 Å². The molecule has 0 saturated carbocycles. The zero-order valence-corrected chi connectivity index (χ0v) is 12.5. The Morgan fingerprint density at radius 1 is 1.09 bits per heavy atom. The van der Waals surface area contributed by atoms with Gasteiger partial charge >= 0.3 is 0 Å². The number of Topliss-reactive ketones (excluding diaryl/α,β-unsaturated/α-hetero) is 2. The quantitative estimate of drug-likeness (QED) is 0.628. The van der Waals surface area contributed by atoms with E-state index < -0.39 is 17.7 Å². The monoisotopic (exact) mass is 315 g/mol. The van der Waals surface area contributed by atoms with E-state index in [1.165, 1.54) is 0 Å². The molecular formula is C17H17NO5. The molecule has 120 valence electrons. The zero-order chi connectivity index (χ0) is 16.6. The molecule has 1 aliphatic heterocycles. The van der Waals surface area contributed by atoms with Gasteiger partial charge in [0.1, 0.15) is 0 Å². The van der Waals surface area contributed by atoms with Gasteiger partial charge in [0.2, 0.25) is 11.8 Å². The normalized spacial score (nSPS) is 23.9. The molecule has 2 aliphatic rings. The molecule has 6 nitrogen and oxygen atoms in total. The fraction of sp³-hybridized carbons (Fsp3) is 0.412. The average molecular weight is 315 g/mol. The fourth-order valence-corrected chi connectivity index (χ4v) is 3.30. The highest BCUT2D eigenvalue weighted by Crippen LogP contribution is 2.35. The summed E-state index contributed by atoms with van der Waals surface area (Å²) in [5, 5.41) is 11.1. The molecule has 0 bridgehead atoms. The van der Waals surface area contributed by atoms with Gasteiger partial charge in [0.15, 0.2) is 11.6 Å². The number of imide groups is 1. The van der Waals surface area contributed by atoms with E-state index in [9.17, 15) is 19.2 Å². The second-order valence-electron chi connectivity index (χ2n) is 5.97. The van der Waals surface area contributed by atoms with E-state index in [4.69, 9.17) is 5.11 Å². The molecule has 2 amide bonds. The molecule has 0 radical (unpaired) electrons. The topological polar surface area (TPSA) is 101 Å². The van der Waals surface area contributed by atoms with Crippen LogP contribution in [0, 0.1) is 11.8 Å². The Hall–Kier alpha value is -2.34. The Balaban J connectivity index is 1.88. The van der Waals surface area contributed by atoms with Crippen LogP contribution in [-0.4, -0.2) is 35.1 Å².